The van der Waals surface area contributed by atoms with Crippen molar-refractivity contribution in [1.29, 1.82) is 0 Å². The summed E-state index contributed by atoms with van der Waals surface area (Å²) >= 11 is 6.17. The second-order valence-corrected chi connectivity index (χ2v) is 7.29. The fourth-order valence-corrected chi connectivity index (χ4v) is 3.64. The van der Waals surface area contributed by atoms with Crippen molar-refractivity contribution in [2.24, 2.45) is 5.10 Å². The van der Waals surface area contributed by atoms with Gasteiger partial charge in [0.05, 0.1) is 24.0 Å². The van der Waals surface area contributed by atoms with Gasteiger partial charge in [-0.15, -0.1) is 0 Å². The van der Waals surface area contributed by atoms with Crippen molar-refractivity contribution in [3.05, 3.63) is 57.4 Å². The van der Waals surface area contributed by atoms with Gasteiger partial charge in [-0.25, -0.2) is 5.43 Å². The summed E-state index contributed by atoms with van der Waals surface area (Å²) in [4.78, 5) is 12.3. The summed E-state index contributed by atoms with van der Waals surface area (Å²) in [6.07, 6.45) is -2.07. The third kappa shape index (κ3) is 4.59. The van der Waals surface area contributed by atoms with Crippen LogP contribution in [-0.4, -0.2) is 33.8 Å². The summed E-state index contributed by atoms with van der Waals surface area (Å²) in [6, 6.07) is 5.43. The second-order valence-electron chi connectivity index (χ2n) is 6.72. The van der Waals surface area contributed by atoms with E-state index in [2.05, 4.69) is 15.6 Å². The molecule has 1 aromatic carbocycles. The lowest BCUT2D eigenvalue weighted by Gasteiger charge is -2.30. The zero-order valence-electron chi connectivity index (χ0n) is 16.1. The molecule has 0 unspecified atom stereocenters. The Morgan fingerprint density at radius 1 is 1.40 bits per heavy atom. The van der Waals surface area contributed by atoms with Crippen LogP contribution in [0.3, 0.4) is 0 Å². The van der Waals surface area contributed by atoms with Crippen molar-refractivity contribution in [3.8, 4) is 0 Å². The Morgan fingerprint density at radius 3 is 2.80 bits per heavy atom. The van der Waals surface area contributed by atoms with E-state index < -0.39 is 11.7 Å². The SMILES string of the molecule is C/C(Cl)=C(\C=N/NC=O)N1CCc2c(c(N)nn2Cc2ccccc2C(F)(F)F)C1. The number of benzene rings is 1. The number of allylic oxidation sites excluding steroid dienone is 2. The molecule has 0 atom stereocenters. The fraction of sp³-hybridized carbons (Fsp3) is 0.316. The second kappa shape index (κ2) is 8.78. The molecule has 0 aliphatic carbocycles. The summed E-state index contributed by atoms with van der Waals surface area (Å²) in [7, 11) is 0. The summed E-state index contributed by atoms with van der Waals surface area (Å²) in [5.41, 5.74) is 9.83. The van der Waals surface area contributed by atoms with Crippen molar-refractivity contribution in [3.63, 3.8) is 0 Å². The zero-order chi connectivity index (χ0) is 21.9. The number of amides is 1. The summed E-state index contributed by atoms with van der Waals surface area (Å²) < 4.78 is 41.5. The Balaban J connectivity index is 1.88. The number of nitrogen functional groups attached to an aromatic ring is 1. The molecule has 30 heavy (non-hydrogen) atoms. The van der Waals surface area contributed by atoms with Crippen LogP contribution in [0.4, 0.5) is 19.0 Å². The van der Waals surface area contributed by atoms with E-state index in [-0.39, 0.29) is 17.9 Å². The van der Waals surface area contributed by atoms with E-state index in [1.165, 1.54) is 23.0 Å². The normalized spacial score (nSPS) is 15.2. The highest BCUT2D eigenvalue weighted by atomic mass is 35.5. The van der Waals surface area contributed by atoms with Crippen LogP contribution in [0.2, 0.25) is 0 Å². The number of nitrogens with one attached hydrogen (secondary N) is 1. The first-order chi connectivity index (χ1) is 14.2. The maximum Gasteiger partial charge on any atom is 0.416 e. The number of halogens is 4. The standard InChI is InChI=1S/C19H20ClF3N6O/c1-12(20)17(8-25-26-11-30)28-7-6-16-14(10-28)18(24)27-29(16)9-13-4-2-3-5-15(13)19(21,22)23/h2-5,8,11H,6-7,9-10H2,1H3,(H2,24,27)(H,26,30)/b17-12-,25-8-. The van der Waals surface area contributed by atoms with Gasteiger partial charge in [0.15, 0.2) is 5.82 Å². The van der Waals surface area contributed by atoms with E-state index in [0.717, 1.165) is 17.3 Å². The number of anilines is 1. The average Bonchev–Trinajstić information content (AvgIpc) is 2.99. The van der Waals surface area contributed by atoms with E-state index in [1.807, 2.05) is 4.90 Å². The van der Waals surface area contributed by atoms with Gasteiger partial charge in [-0.05, 0) is 18.6 Å². The Bertz CT molecular complexity index is 995. The number of rotatable bonds is 6. The van der Waals surface area contributed by atoms with Crippen LogP contribution in [0.5, 0.6) is 0 Å². The van der Waals surface area contributed by atoms with Crippen LogP contribution >= 0.6 is 11.6 Å². The molecule has 0 bridgehead atoms. The van der Waals surface area contributed by atoms with Crippen LogP contribution in [0, 0.1) is 0 Å². The van der Waals surface area contributed by atoms with Crippen LogP contribution in [0.25, 0.3) is 0 Å². The molecule has 0 saturated heterocycles. The minimum atomic E-state index is -4.45. The molecule has 1 aliphatic rings. The predicted molar refractivity (Wildman–Crippen MR) is 108 cm³/mol. The van der Waals surface area contributed by atoms with Crippen LogP contribution in [-0.2, 0) is 30.5 Å². The molecular formula is C19H20ClF3N6O. The van der Waals surface area contributed by atoms with Gasteiger partial charge in [-0.2, -0.15) is 23.4 Å². The Labute approximate surface area is 176 Å². The van der Waals surface area contributed by atoms with E-state index in [0.29, 0.717) is 36.6 Å². The smallest absolute Gasteiger partial charge is 0.382 e. The lowest BCUT2D eigenvalue weighted by molar-refractivity contribution is -0.138. The van der Waals surface area contributed by atoms with Gasteiger partial charge in [0.1, 0.15) is 0 Å². The first-order valence-electron chi connectivity index (χ1n) is 9.05. The number of carbonyl (C=O) groups excluding carboxylic acids is 1. The van der Waals surface area contributed by atoms with Gasteiger partial charge in [0, 0.05) is 35.8 Å². The molecule has 2 aromatic rings. The van der Waals surface area contributed by atoms with Gasteiger partial charge in [-0.1, -0.05) is 29.8 Å². The van der Waals surface area contributed by atoms with Crippen molar-refractivity contribution >= 4 is 30.0 Å². The predicted octanol–water partition coefficient (Wildman–Crippen LogP) is 3.09. The van der Waals surface area contributed by atoms with Crippen LogP contribution in [0.1, 0.15) is 29.3 Å². The maximum atomic E-state index is 13.3. The third-order valence-electron chi connectivity index (χ3n) is 4.82. The molecule has 1 amide bonds. The van der Waals surface area contributed by atoms with Gasteiger partial charge in [0.2, 0.25) is 6.41 Å². The van der Waals surface area contributed by atoms with Gasteiger partial charge < -0.3 is 10.6 Å². The average molecular weight is 441 g/mol. The molecule has 2 heterocycles. The zero-order valence-corrected chi connectivity index (χ0v) is 16.8. The van der Waals surface area contributed by atoms with Gasteiger partial charge in [0.25, 0.3) is 0 Å². The number of hydrogen-bond donors (Lipinski definition) is 2. The third-order valence-corrected chi connectivity index (χ3v) is 5.01. The molecule has 0 spiro atoms. The number of nitrogens with zero attached hydrogens (tertiary/aromatic N) is 4. The Kier molecular flexibility index (Phi) is 6.35. The highest BCUT2D eigenvalue weighted by molar-refractivity contribution is 6.30. The molecule has 3 N–H and O–H groups in total. The van der Waals surface area contributed by atoms with E-state index in [9.17, 15) is 18.0 Å². The first-order valence-corrected chi connectivity index (χ1v) is 9.42. The monoisotopic (exact) mass is 440 g/mol. The van der Waals surface area contributed by atoms with Crippen LogP contribution in [0.15, 0.2) is 40.1 Å². The highest BCUT2D eigenvalue weighted by Gasteiger charge is 2.33. The minimum absolute atomic E-state index is 0.0306. The quantitative estimate of drug-likeness (QED) is 0.410. The molecule has 160 valence electrons. The maximum absolute atomic E-state index is 13.3. The molecule has 3 rings (SSSR count). The Morgan fingerprint density at radius 2 is 2.13 bits per heavy atom. The number of carbonyl (C=O) groups is 1. The fourth-order valence-electron chi connectivity index (χ4n) is 3.47. The molecule has 11 heteroatoms. The molecule has 0 fully saturated rings. The number of alkyl halides is 3. The lowest BCUT2D eigenvalue weighted by atomic mass is 10.0. The number of fused-ring (bicyclic) bond motifs is 1. The van der Waals surface area contributed by atoms with Crippen molar-refractivity contribution in [2.45, 2.75) is 32.6 Å². The number of hydrazone groups is 1. The number of aromatic nitrogens is 2. The molecule has 7 nitrogen and oxygen atoms in total. The minimum Gasteiger partial charge on any atom is -0.382 e. The number of nitrogens with two attached hydrogens (primary N) is 1. The van der Waals surface area contributed by atoms with Crippen LogP contribution < -0.4 is 11.2 Å². The largest absolute Gasteiger partial charge is 0.416 e. The van der Waals surface area contributed by atoms with E-state index in [4.69, 9.17) is 17.3 Å². The molecule has 1 aromatic heterocycles. The van der Waals surface area contributed by atoms with Gasteiger partial charge >= 0.3 is 6.18 Å². The lowest BCUT2D eigenvalue weighted by Crippen LogP contribution is -2.32. The van der Waals surface area contributed by atoms with Crippen molar-refractivity contribution < 1.29 is 18.0 Å². The topological polar surface area (TPSA) is 88.5 Å². The van der Waals surface area contributed by atoms with Crippen molar-refractivity contribution in [2.75, 3.05) is 12.3 Å². The highest BCUT2D eigenvalue weighted by Crippen LogP contribution is 2.33. The van der Waals surface area contributed by atoms with E-state index in [1.54, 1.807) is 13.0 Å². The molecule has 1 aliphatic heterocycles. The summed E-state index contributed by atoms with van der Waals surface area (Å²) in [5, 5.41) is 8.53. The number of hydrogen-bond acceptors (Lipinski definition) is 5. The van der Waals surface area contributed by atoms with E-state index >= 15 is 0 Å². The molecule has 0 saturated carbocycles. The van der Waals surface area contributed by atoms with Gasteiger partial charge in [-0.3, -0.25) is 9.48 Å². The summed E-state index contributed by atoms with van der Waals surface area (Å²) in [6.45, 7) is 2.57. The summed E-state index contributed by atoms with van der Waals surface area (Å²) in [5.74, 6) is 0.258. The van der Waals surface area contributed by atoms with Crippen molar-refractivity contribution in [1.82, 2.24) is 20.1 Å². The molecular weight excluding hydrogens is 421 g/mol. The Hall–Kier alpha value is -3.01. The first kappa shape index (κ1) is 21.7. The molecule has 0 radical (unpaired) electrons.